The molecule has 2 amide bonds. The highest BCUT2D eigenvalue weighted by atomic mass is 35.5. The number of hydrogen-bond donors (Lipinski definition) is 2. The van der Waals surface area contributed by atoms with Crippen molar-refractivity contribution in [1.82, 2.24) is 10.2 Å². The fourth-order valence-corrected chi connectivity index (χ4v) is 3.65. The van der Waals surface area contributed by atoms with Crippen LogP contribution in [0.25, 0.3) is 10.6 Å². The minimum atomic E-state index is -0.343. The van der Waals surface area contributed by atoms with Gasteiger partial charge in [-0.1, -0.05) is 65.4 Å². The molecular formula is C22H15ClN4O2S. The highest BCUT2D eigenvalue weighted by Crippen LogP contribution is 2.26. The van der Waals surface area contributed by atoms with Crippen LogP contribution >= 0.6 is 22.9 Å². The Kier molecular flexibility index (Phi) is 5.83. The van der Waals surface area contributed by atoms with E-state index in [1.165, 1.54) is 11.3 Å². The molecule has 0 aliphatic rings. The van der Waals surface area contributed by atoms with E-state index in [1.807, 2.05) is 30.3 Å². The van der Waals surface area contributed by atoms with Gasteiger partial charge < -0.3 is 5.32 Å². The summed E-state index contributed by atoms with van der Waals surface area (Å²) in [5, 5.41) is 15.2. The highest BCUT2D eigenvalue weighted by molar-refractivity contribution is 7.18. The molecule has 0 bridgehead atoms. The number of carbonyl (C=O) groups is 2. The first-order valence-electron chi connectivity index (χ1n) is 8.96. The summed E-state index contributed by atoms with van der Waals surface area (Å²) < 4.78 is 0. The second kappa shape index (κ2) is 8.86. The van der Waals surface area contributed by atoms with Gasteiger partial charge in [0.1, 0.15) is 5.01 Å². The molecule has 0 radical (unpaired) electrons. The van der Waals surface area contributed by atoms with Crippen molar-refractivity contribution in [3.8, 4) is 10.6 Å². The lowest BCUT2D eigenvalue weighted by Gasteiger charge is -2.07. The van der Waals surface area contributed by atoms with E-state index in [1.54, 1.807) is 48.5 Å². The van der Waals surface area contributed by atoms with Crippen LogP contribution in [0.4, 0.5) is 10.8 Å². The van der Waals surface area contributed by atoms with Gasteiger partial charge in [-0.25, -0.2) is 0 Å². The Morgan fingerprint density at radius 3 is 2.23 bits per heavy atom. The number of nitrogens with one attached hydrogen (secondary N) is 2. The number of nitrogens with zero attached hydrogens (tertiary/aromatic N) is 2. The lowest BCUT2D eigenvalue weighted by molar-refractivity contribution is 0.101. The normalized spacial score (nSPS) is 10.4. The van der Waals surface area contributed by atoms with Gasteiger partial charge in [0.05, 0.1) is 0 Å². The zero-order valence-corrected chi connectivity index (χ0v) is 17.1. The quantitative estimate of drug-likeness (QED) is 0.442. The number of rotatable bonds is 5. The van der Waals surface area contributed by atoms with Gasteiger partial charge in [-0.15, -0.1) is 10.2 Å². The predicted octanol–water partition coefficient (Wildman–Crippen LogP) is 5.36. The lowest BCUT2D eigenvalue weighted by Crippen LogP contribution is -2.14. The van der Waals surface area contributed by atoms with Crippen LogP contribution in [-0.4, -0.2) is 22.0 Å². The molecule has 6 nitrogen and oxygen atoms in total. The van der Waals surface area contributed by atoms with Crippen molar-refractivity contribution >= 4 is 45.6 Å². The summed E-state index contributed by atoms with van der Waals surface area (Å²) in [5.41, 5.74) is 2.24. The van der Waals surface area contributed by atoms with Crippen molar-refractivity contribution < 1.29 is 9.59 Å². The second-order valence-electron chi connectivity index (χ2n) is 6.28. The van der Waals surface area contributed by atoms with Gasteiger partial charge >= 0.3 is 0 Å². The summed E-state index contributed by atoms with van der Waals surface area (Å²) in [6.07, 6.45) is 0. The third kappa shape index (κ3) is 4.71. The third-order valence-electron chi connectivity index (χ3n) is 4.14. The average Bonchev–Trinajstić information content (AvgIpc) is 3.23. The molecule has 0 fully saturated rings. The largest absolute Gasteiger partial charge is 0.322 e. The third-order valence-corrected chi connectivity index (χ3v) is 5.26. The first-order valence-corrected chi connectivity index (χ1v) is 10.2. The summed E-state index contributed by atoms with van der Waals surface area (Å²) in [6.45, 7) is 0. The fourth-order valence-electron chi connectivity index (χ4n) is 2.71. The molecule has 0 unspecified atom stereocenters. The molecule has 3 aromatic carbocycles. The first kappa shape index (κ1) is 19.8. The molecule has 30 heavy (non-hydrogen) atoms. The van der Waals surface area contributed by atoms with Crippen molar-refractivity contribution in [1.29, 1.82) is 0 Å². The Morgan fingerprint density at radius 2 is 1.47 bits per heavy atom. The molecule has 4 rings (SSSR count). The maximum absolute atomic E-state index is 12.6. The zero-order chi connectivity index (χ0) is 20.9. The van der Waals surface area contributed by atoms with Crippen molar-refractivity contribution in [2.24, 2.45) is 0 Å². The average molecular weight is 435 g/mol. The molecule has 1 heterocycles. The van der Waals surface area contributed by atoms with Crippen LogP contribution in [0, 0.1) is 0 Å². The molecule has 0 spiro atoms. The Bertz CT molecular complexity index is 1210. The summed E-state index contributed by atoms with van der Waals surface area (Å²) in [4.78, 5) is 25.0. The molecule has 0 saturated heterocycles. The molecule has 8 heteroatoms. The lowest BCUT2D eigenvalue weighted by atomic mass is 10.1. The van der Waals surface area contributed by atoms with Crippen molar-refractivity contribution in [2.75, 3.05) is 10.6 Å². The number of aromatic nitrogens is 2. The molecule has 148 valence electrons. The Labute approximate surface area is 181 Å². The van der Waals surface area contributed by atoms with E-state index in [9.17, 15) is 9.59 Å². The maximum atomic E-state index is 12.6. The van der Waals surface area contributed by atoms with Gasteiger partial charge in [-0.05, 0) is 36.4 Å². The summed E-state index contributed by atoms with van der Waals surface area (Å²) in [6, 6.07) is 22.9. The molecule has 0 aliphatic heterocycles. The SMILES string of the molecule is O=C(Nc1cccc(C(=O)Nc2nnc(-c3ccccc3)s2)c1)c1cccc(Cl)c1. The Balaban J connectivity index is 1.45. The molecule has 0 aliphatic carbocycles. The van der Waals surface area contributed by atoms with Crippen LogP contribution in [0.5, 0.6) is 0 Å². The van der Waals surface area contributed by atoms with E-state index in [0.717, 1.165) is 5.56 Å². The van der Waals surface area contributed by atoms with Gasteiger partial charge in [-0.3, -0.25) is 14.9 Å². The molecule has 0 atom stereocenters. The summed E-state index contributed by atoms with van der Waals surface area (Å²) in [5.74, 6) is -0.656. The summed E-state index contributed by atoms with van der Waals surface area (Å²) >= 11 is 7.22. The van der Waals surface area contributed by atoms with Crippen LogP contribution in [0.1, 0.15) is 20.7 Å². The van der Waals surface area contributed by atoms with E-state index < -0.39 is 0 Å². The number of anilines is 2. The molecule has 1 aromatic heterocycles. The molecule has 2 N–H and O–H groups in total. The monoisotopic (exact) mass is 434 g/mol. The smallest absolute Gasteiger partial charge is 0.257 e. The Morgan fingerprint density at radius 1 is 0.767 bits per heavy atom. The Hall–Kier alpha value is -3.55. The van der Waals surface area contributed by atoms with Gasteiger partial charge in [-0.2, -0.15) is 0 Å². The number of benzene rings is 3. The fraction of sp³-hybridized carbons (Fsp3) is 0. The van der Waals surface area contributed by atoms with E-state index in [2.05, 4.69) is 20.8 Å². The number of hydrogen-bond acceptors (Lipinski definition) is 5. The molecule has 4 aromatic rings. The van der Waals surface area contributed by atoms with Crippen LogP contribution in [-0.2, 0) is 0 Å². The second-order valence-corrected chi connectivity index (χ2v) is 7.69. The van der Waals surface area contributed by atoms with Crippen molar-refractivity contribution in [3.05, 3.63) is 95.0 Å². The standard InChI is InChI=1S/C22H15ClN4O2S/c23-17-10-4-8-15(12-17)19(28)24-18-11-5-9-16(13-18)20(29)25-22-27-26-21(30-22)14-6-2-1-3-7-14/h1-13H,(H,24,28)(H,25,27,29). The minimum Gasteiger partial charge on any atom is -0.322 e. The maximum Gasteiger partial charge on any atom is 0.257 e. The molecular weight excluding hydrogens is 420 g/mol. The van der Waals surface area contributed by atoms with Crippen LogP contribution in [0.3, 0.4) is 0 Å². The summed E-state index contributed by atoms with van der Waals surface area (Å²) in [7, 11) is 0. The van der Waals surface area contributed by atoms with E-state index >= 15 is 0 Å². The van der Waals surface area contributed by atoms with E-state index in [0.29, 0.717) is 32.0 Å². The minimum absolute atomic E-state index is 0.313. The van der Waals surface area contributed by atoms with Gasteiger partial charge in [0.25, 0.3) is 11.8 Å². The van der Waals surface area contributed by atoms with E-state index in [4.69, 9.17) is 11.6 Å². The van der Waals surface area contributed by atoms with Gasteiger partial charge in [0, 0.05) is 27.4 Å². The highest BCUT2D eigenvalue weighted by Gasteiger charge is 2.13. The number of carbonyl (C=O) groups excluding carboxylic acids is 2. The van der Waals surface area contributed by atoms with E-state index in [-0.39, 0.29) is 11.8 Å². The zero-order valence-electron chi connectivity index (χ0n) is 15.5. The molecule has 0 saturated carbocycles. The predicted molar refractivity (Wildman–Crippen MR) is 119 cm³/mol. The number of halogens is 1. The first-order chi connectivity index (χ1) is 14.6. The van der Waals surface area contributed by atoms with Gasteiger partial charge in [0.2, 0.25) is 5.13 Å². The van der Waals surface area contributed by atoms with Gasteiger partial charge in [0.15, 0.2) is 0 Å². The van der Waals surface area contributed by atoms with Crippen LogP contribution < -0.4 is 10.6 Å². The number of amides is 2. The van der Waals surface area contributed by atoms with Crippen molar-refractivity contribution in [3.63, 3.8) is 0 Å². The topological polar surface area (TPSA) is 84.0 Å². The van der Waals surface area contributed by atoms with Crippen LogP contribution in [0.2, 0.25) is 5.02 Å². The van der Waals surface area contributed by atoms with Crippen LogP contribution in [0.15, 0.2) is 78.9 Å². The van der Waals surface area contributed by atoms with Crippen molar-refractivity contribution in [2.45, 2.75) is 0 Å².